The lowest BCUT2D eigenvalue weighted by Crippen LogP contribution is -2.44. The summed E-state index contributed by atoms with van der Waals surface area (Å²) in [6, 6.07) is 0.275. The predicted molar refractivity (Wildman–Crippen MR) is 67.2 cm³/mol. The smallest absolute Gasteiger partial charge is 0.0728 e. The lowest BCUT2D eigenvalue weighted by molar-refractivity contribution is -0.0231. The van der Waals surface area contributed by atoms with E-state index in [0.29, 0.717) is 11.5 Å². The van der Waals surface area contributed by atoms with Crippen LogP contribution in [0.3, 0.4) is 0 Å². The van der Waals surface area contributed by atoms with Crippen LogP contribution < -0.4 is 5.73 Å². The molecule has 2 heteroatoms. The molecule has 0 saturated heterocycles. The third-order valence-corrected chi connectivity index (χ3v) is 4.31. The van der Waals surface area contributed by atoms with E-state index in [4.69, 9.17) is 10.5 Å². The molecule has 2 N–H and O–H groups in total. The minimum absolute atomic E-state index is 0.275. The molecule has 0 bridgehead atoms. The minimum Gasteiger partial charge on any atom is -0.376 e. The van der Waals surface area contributed by atoms with Crippen molar-refractivity contribution in [3.05, 3.63) is 0 Å². The van der Waals surface area contributed by atoms with Gasteiger partial charge < -0.3 is 10.5 Å². The van der Waals surface area contributed by atoms with Crippen molar-refractivity contribution in [2.24, 2.45) is 23.0 Å². The molecular formula is C14H27NO. The van der Waals surface area contributed by atoms with Gasteiger partial charge in [0.2, 0.25) is 0 Å². The van der Waals surface area contributed by atoms with E-state index in [9.17, 15) is 0 Å². The average molecular weight is 225 g/mol. The topological polar surface area (TPSA) is 35.2 Å². The number of rotatable bonds is 3. The second kappa shape index (κ2) is 4.66. The van der Waals surface area contributed by atoms with E-state index < -0.39 is 0 Å². The van der Waals surface area contributed by atoms with Gasteiger partial charge in [-0.1, -0.05) is 20.8 Å². The number of hydrogen-bond acceptors (Lipinski definition) is 2. The SMILES string of the molecule is CC(C)(C)C1CCC(N)C(OCC2CC2)C1. The van der Waals surface area contributed by atoms with E-state index in [-0.39, 0.29) is 6.04 Å². The first-order chi connectivity index (χ1) is 7.47. The summed E-state index contributed by atoms with van der Waals surface area (Å²) in [5, 5.41) is 0. The molecule has 3 unspecified atom stereocenters. The van der Waals surface area contributed by atoms with Gasteiger partial charge in [0, 0.05) is 12.6 Å². The first kappa shape index (κ1) is 12.4. The molecule has 2 nitrogen and oxygen atoms in total. The Hall–Kier alpha value is -0.0800. The van der Waals surface area contributed by atoms with Crippen molar-refractivity contribution in [2.75, 3.05) is 6.61 Å². The highest BCUT2D eigenvalue weighted by molar-refractivity contribution is 4.88. The normalized spacial score (nSPS) is 36.4. The second-order valence-electron chi connectivity index (χ2n) is 6.86. The molecule has 2 aliphatic carbocycles. The molecule has 0 amide bonds. The molecule has 0 aromatic rings. The summed E-state index contributed by atoms with van der Waals surface area (Å²) in [7, 11) is 0. The van der Waals surface area contributed by atoms with Crippen LogP contribution in [0.25, 0.3) is 0 Å². The third-order valence-electron chi connectivity index (χ3n) is 4.31. The number of nitrogens with two attached hydrogens (primary N) is 1. The molecule has 2 fully saturated rings. The first-order valence-corrected chi connectivity index (χ1v) is 6.84. The van der Waals surface area contributed by atoms with Gasteiger partial charge in [0.25, 0.3) is 0 Å². The van der Waals surface area contributed by atoms with Crippen LogP contribution in [0.1, 0.15) is 52.9 Å². The third kappa shape index (κ3) is 3.21. The Balaban J connectivity index is 1.83. The average Bonchev–Trinajstić information content (AvgIpc) is 2.98. The molecule has 0 heterocycles. The molecule has 0 spiro atoms. The van der Waals surface area contributed by atoms with Crippen LogP contribution >= 0.6 is 0 Å². The van der Waals surface area contributed by atoms with Gasteiger partial charge in [0.1, 0.15) is 0 Å². The van der Waals surface area contributed by atoms with Crippen molar-refractivity contribution in [3.8, 4) is 0 Å². The number of ether oxygens (including phenoxy) is 1. The highest BCUT2D eigenvalue weighted by Crippen LogP contribution is 2.39. The van der Waals surface area contributed by atoms with Gasteiger partial charge in [-0.25, -0.2) is 0 Å². The van der Waals surface area contributed by atoms with Crippen LogP contribution in [0.4, 0.5) is 0 Å². The fourth-order valence-corrected chi connectivity index (χ4v) is 2.67. The molecular weight excluding hydrogens is 198 g/mol. The van der Waals surface area contributed by atoms with Gasteiger partial charge in [-0.15, -0.1) is 0 Å². The van der Waals surface area contributed by atoms with E-state index >= 15 is 0 Å². The maximum atomic E-state index is 6.17. The minimum atomic E-state index is 0.275. The highest BCUT2D eigenvalue weighted by atomic mass is 16.5. The molecule has 0 aromatic heterocycles. The Kier molecular flexibility index (Phi) is 3.60. The van der Waals surface area contributed by atoms with E-state index in [1.165, 1.54) is 19.3 Å². The summed E-state index contributed by atoms with van der Waals surface area (Å²) in [6.07, 6.45) is 6.62. The summed E-state index contributed by atoms with van der Waals surface area (Å²) in [5.74, 6) is 1.62. The van der Waals surface area contributed by atoms with E-state index in [2.05, 4.69) is 20.8 Å². The van der Waals surface area contributed by atoms with Crippen LogP contribution in [0, 0.1) is 17.3 Å². The zero-order valence-electron chi connectivity index (χ0n) is 11.0. The maximum Gasteiger partial charge on any atom is 0.0728 e. The lowest BCUT2D eigenvalue weighted by Gasteiger charge is -2.40. The number of hydrogen-bond donors (Lipinski definition) is 1. The maximum absolute atomic E-state index is 6.17. The molecule has 94 valence electrons. The van der Waals surface area contributed by atoms with Gasteiger partial charge in [0.05, 0.1) is 6.10 Å². The van der Waals surface area contributed by atoms with Crippen molar-refractivity contribution >= 4 is 0 Å². The Morgan fingerprint density at radius 3 is 2.38 bits per heavy atom. The fourth-order valence-electron chi connectivity index (χ4n) is 2.67. The first-order valence-electron chi connectivity index (χ1n) is 6.84. The van der Waals surface area contributed by atoms with Crippen molar-refractivity contribution in [2.45, 2.75) is 65.0 Å². The quantitative estimate of drug-likeness (QED) is 0.801. The van der Waals surface area contributed by atoms with Crippen molar-refractivity contribution in [3.63, 3.8) is 0 Å². The lowest BCUT2D eigenvalue weighted by atomic mass is 9.70. The van der Waals surface area contributed by atoms with E-state index in [0.717, 1.165) is 31.3 Å². The Morgan fingerprint density at radius 1 is 1.12 bits per heavy atom. The summed E-state index contributed by atoms with van der Waals surface area (Å²) < 4.78 is 6.02. The molecule has 0 aromatic carbocycles. The zero-order valence-corrected chi connectivity index (χ0v) is 11.0. The second-order valence-corrected chi connectivity index (χ2v) is 6.86. The van der Waals surface area contributed by atoms with Crippen molar-refractivity contribution in [1.82, 2.24) is 0 Å². The molecule has 2 saturated carbocycles. The molecule has 0 aliphatic heterocycles. The van der Waals surface area contributed by atoms with Crippen molar-refractivity contribution in [1.29, 1.82) is 0 Å². The van der Waals surface area contributed by atoms with Gasteiger partial charge >= 0.3 is 0 Å². The van der Waals surface area contributed by atoms with Gasteiger partial charge in [0.15, 0.2) is 0 Å². The molecule has 2 aliphatic rings. The van der Waals surface area contributed by atoms with Gasteiger partial charge in [-0.05, 0) is 49.4 Å². The Bertz CT molecular complexity index is 229. The van der Waals surface area contributed by atoms with Crippen LogP contribution in [0.2, 0.25) is 0 Å². The fraction of sp³-hybridized carbons (Fsp3) is 1.00. The summed E-state index contributed by atoms with van der Waals surface area (Å²) in [5.41, 5.74) is 6.57. The zero-order chi connectivity index (χ0) is 11.8. The van der Waals surface area contributed by atoms with Crippen LogP contribution in [0.5, 0.6) is 0 Å². The summed E-state index contributed by atoms with van der Waals surface area (Å²) >= 11 is 0. The van der Waals surface area contributed by atoms with Crippen LogP contribution in [-0.4, -0.2) is 18.8 Å². The molecule has 2 rings (SSSR count). The molecule has 3 atom stereocenters. The Morgan fingerprint density at radius 2 is 1.81 bits per heavy atom. The highest BCUT2D eigenvalue weighted by Gasteiger charge is 2.35. The van der Waals surface area contributed by atoms with Crippen LogP contribution in [0.15, 0.2) is 0 Å². The molecule has 0 radical (unpaired) electrons. The van der Waals surface area contributed by atoms with E-state index in [1.54, 1.807) is 0 Å². The van der Waals surface area contributed by atoms with E-state index in [1.807, 2.05) is 0 Å². The van der Waals surface area contributed by atoms with Gasteiger partial charge in [-0.2, -0.15) is 0 Å². The largest absolute Gasteiger partial charge is 0.376 e. The molecule has 16 heavy (non-hydrogen) atoms. The summed E-state index contributed by atoms with van der Waals surface area (Å²) in [4.78, 5) is 0. The monoisotopic (exact) mass is 225 g/mol. The van der Waals surface area contributed by atoms with Crippen LogP contribution in [-0.2, 0) is 4.74 Å². The standard InChI is InChI=1S/C14H27NO/c1-14(2,3)11-6-7-12(15)13(8-11)16-9-10-4-5-10/h10-13H,4-9,15H2,1-3H3. The Labute approximate surface area is 99.9 Å². The predicted octanol–water partition coefficient (Wildman–Crippen LogP) is 2.96. The summed E-state index contributed by atoms with van der Waals surface area (Å²) in [6.45, 7) is 7.97. The van der Waals surface area contributed by atoms with Crippen molar-refractivity contribution < 1.29 is 4.74 Å². The van der Waals surface area contributed by atoms with Gasteiger partial charge in [-0.3, -0.25) is 0 Å².